The van der Waals surface area contributed by atoms with E-state index in [1.165, 1.54) is 0 Å². The van der Waals surface area contributed by atoms with Gasteiger partial charge in [0.2, 0.25) is 0 Å². The quantitative estimate of drug-likeness (QED) is 0.829. The van der Waals surface area contributed by atoms with Gasteiger partial charge in [-0.05, 0) is 45.7 Å². The lowest BCUT2D eigenvalue weighted by Gasteiger charge is -2.25. The van der Waals surface area contributed by atoms with Gasteiger partial charge in [-0.25, -0.2) is 9.59 Å². The van der Waals surface area contributed by atoms with E-state index in [1.54, 1.807) is 0 Å². The molecular formula is C17H28N4O3. The Labute approximate surface area is 143 Å². The second-order valence-electron chi connectivity index (χ2n) is 7.06. The summed E-state index contributed by atoms with van der Waals surface area (Å²) >= 11 is 0. The van der Waals surface area contributed by atoms with Crippen molar-refractivity contribution in [2.45, 2.75) is 45.3 Å². The molecule has 0 saturated carbocycles. The molecule has 1 atom stereocenters. The number of aromatic nitrogens is 1. The minimum atomic E-state index is -0.523. The fourth-order valence-corrected chi connectivity index (χ4v) is 2.89. The molecule has 0 aliphatic carbocycles. The van der Waals surface area contributed by atoms with E-state index in [1.807, 2.05) is 45.0 Å². The Bertz CT molecular complexity index is 577. The van der Waals surface area contributed by atoms with Crippen LogP contribution in [0.1, 0.15) is 45.3 Å². The first kappa shape index (κ1) is 18.2. The molecule has 0 radical (unpaired) electrons. The SMILES string of the molecule is Cn1cccc1[C@@H]1CCCN1C(=O)NCCNC(=O)OC(C)(C)C. The van der Waals surface area contributed by atoms with Crippen molar-refractivity contribution in [2.75, 3.05) is 19.6 Å². The molecule has 1 fully saturated rings. The van der Waals surface area contributed by atoms with Gasteiger partial charge in [0.25, 0.3) is 0 Å². The number of hydrogen-bond acceptors (Lipinski definition) is 3. The van der Waals surface area contributed by atoms with E-state index in [-0.39, 0.29) is 12.1 Å². The molecule has 3 amide bonds. The molecule has 7 nitrogen and oxygen atoms in total. The van der Waals surface area contributed by atoms with Crippen molar-refractivity contribution in [1.82, 2.24) is 20.1 Å². The molecule has 7 heteroatoms. The monoisotopic (exact) mass is 336 g/mol. The van der Waals surface area contributed by atoms with E-state index in [9.17, 15) is 9.59 Å². The number of nitrogens with zero attached hydrogens (tertiary/aromatic N) is 2. The van der Waals surface area contributed by atoms with Crippen LogP contribution >= 0.6 is 0 Å². The summed E-state index contributed by atoms with van der Waals surface area (Å²) in [5, 5.41) is 5.50. The van der Waals surface area contributed by atoms with Crippen molar-refractivity contribution in [3.63, 3.8) is 0 Å². The lowest BCUT2D eigenvalue weighted by Crippen LogP contribution is -2.43. The van der Waals surface area contributed by atoms with E-state index < -0.39 is 11.7 Å². The molecule has 2 N–H and O–H groups in total. The van der Waals surface area contributed by atoms with Crippen LogP contribution in [0.2, 0.25) is 0 Å². The molecule has 134 valence electrons. The normalized spacial score (nSPS) is 17.7. The van der Waals surface area contributed by atoms with Crippen LogP contribution in [0.25, 0.3) is 0 Å². The molecule has 0 unspecified atom stereocenters. The van der Waals surface area contributed by atoms with E-state index in [0.717, 1.165) is 25.1 Å². The van der Waals surface area contributed by atoms with E-state index in [2.05, 4.69) is 21.3 Å². The average molecular weight is 336 g/mol. The zero-order chi connectivity index (χ0) is 17.7. The highest BCUT2D eigenvalue weighted by atomic mass is 16.6. The van der Waals surface area contributed by atoms with Gasteiger partial charge in [-0.3, -0.25) is 0 Å². The summed E-state index contributed by atoms with van der Waals surface area (Å²) in [6.07, 6.45) is 3.50. The molecular weight excluding hydrogens is 308 g/mol. The van der Waals surface area contributed by atoms with Crippen molar-refractivity contribution in [3.05, 3.63) is 24.0 Å². The van der Waals surface area contributed by atoms with Gasteiger partial charge in [0.05, 0.1) is 6.04 Å². The highest BCUT2D eigenvalue weighted by Crippen LogP contribution is 2.31. The van der Waals surface area contributed by atoms with Crippen LogP contribution in [0.5, 0.6) is 0 Å². The third-order valence-corrected chi connectivity index (χ3v) is 3.91. The number of hydrogen-bond donors (Lipinski definition) is 2. The van der Waals surface area contributed by atoms with Crippen LogP contribution in [-0.4, -0.2) is 46.8 Å². The molecule has 2 rings (SSSR count). The highest BCUT2D eigenvalue weighted by Gasteiger charge is 2.31. The van der Waals surface area contributed by atoms with Crippen molar-refractivity contribution in [1.29, 1.82) is 0 Å². The van der Waals surface area contributed by atoms with Gasteiger partial charge < -0.3 is 24.8 Å². The number of ether oxygens (including phenoxy) is 1. The van der Waals surface area contributed by atoms with Crippen molar-refractivity contribution in [2.24, 2.45) is 7.05 Å². The molecule has 2 heterocycles. The summed E-state index contributed by atoms with van der Waals surface area (Å²) in [5.74, 6) is 0. The minimum absolute atomic E-state index is 0.0929. The first-order chi connectivity index (χ1) is 11.3. The molecule has 24 heavy (non-hydrogen) atoms. The Morgan fingerprint density at radius 2 is 2.00 bits per heavy atom. The van der Waals surface area contributed by atoms with Crippen molar-refractivity contribution >= 4 is 12.1 Å². The summed E-state index contributed by atoms with van der Waals surface area (Å²) in [5.41, 5.74) is 0.625. The van der Waals surface area contributed by atoms with Gasteiger partial charge in [-0.15, -0.1) is 0 Å². The average Bonchev–Trinajstić information content (AvgIpc) is 3.09. The van der Waals surface area contributed by atoms with Gasteiger partial charge in [0.15, 0.2) is 0 Å². The lowest BCUT2D eigenvalue weighted by molar-refractivity contribution is 0.0528. The zero-order valence-corrected chi connectivity index (χ0v) is 15.0. The summed E-state index contributed by atoms with van der Waals surface area (Å²) < 4.78 is 7.20. The Morgan fingerprint density at radius 1 is 1.29 bits per heavy atom. The smallest absolute Gasteiger partial charge is 0.407 e. The summed E-state index contributed by atoms with van der Waals surface area (Å²) in [4.78, 5) is 25.8. The second-order valence-corrected chi connectivity index (χ2v) is 7.06. The maximum atomic E-state index is 12.4. The number of alkyl carbamates (subject to hydrolysis) is 1. The molecule has 1 saturated heterocycles. The van der Waals surface area contributed by atoms with E-state index in [4.69, 9.17) is 4.74 Å². The maximum absolute atomic E-state index is 12.4. The van der Waals surface area contributed by atoms with Crippen LogP contribution in [0.15, 0.2) is 18.3 Å². The van der Waals surface area contributed by atoms with Gasteiger partial charge in [-0.1, -0.05) is 0 Å². The topological polar surface area (TPSA) is 75.6 Å². The van der Waals surface area contributed by atoms with Crippen LogP contribution in [0, 0.1) is 0 Å². The number of carbonyl (C=O) groups is 2. The van der Waals surface area contributed by atoms with Gasteiger partial charge >= 0.3 is 12.1 Å². The number of likely N-dealkylation sites (tertiary alicyclic amines) is 1. The maximum Gasteiger partial charge on any atom is 0.407 e. The first-order valence-electron chi connectivity index (χ1n) is 8.40. The van der Waals surface area contributed by atoms with Crippen molar-refractivity contribution in [3.8, 4) is 0 Å². The number of amides is 3. The predicted molar refractivity (Wildman–Crippen MR) is 91.7 cm³/mol. The summed E-state index contributed by atoms with van der Waals surface area (Å²) in [6.45, 7) is 6.89. The lowest BCUT2D eigenvalue weighted by atomic mass is 10.1. The molecule has 0 bridgehead atoms. The predicted octanol–water partition coefficient (Wildman–Crippen LogP) is 2.40. The number of rotatable bonds is 4. The van der Waals surface area contributed by atoms with Gasteiger partial charge in [-0.2, -0.15) is 0 Å². The van der Waals surface area contributed by atoms with Crippen LogP contribution in [0.4, 0.5) is 9.59 Å². The van der Waals surface area contributed by atoms with Crippen LogP contribution < -0.4 is 10.6 Å². The summed E-state index contributed by atoms with van der Waals surface area (Å²) in [7, 11) is 1.99. The second kappa shape index (κ2) is 7.59. The fourth-order valence-electron chi connectivity index (χ4n) is 2.89. The standard InChI is InChI=1S/C17H28N4O3/c1-17(2,3)24-16(23)19-10-9-18-15(22)21-12-6-8-14(21)13-7-5-11-20(13)4/h5,7,11,14H,6,8-10,12H2,1-4H3,(H,18,22)(H,19,23)/t14-/m0/s1. The zero-order valence-electron chi connectivity index (χ0n) is 15.0. The number of aryl methyl sites for hydroxylation is 1. The number of urea groups is 1. The van der Waals surface area contributed by atoms with Crippen molar-refractivity contribution < 1.29 is 14.3 Å². The Balaban J connectivity index is 1.76. The molecule has 0 aromatic carbocycles. The van der Waals surface area contributed by atoms with E-state index >= 15 is 0 Å². The van der Waals surface area contributed by atoms with Crippen LogP contribution in [0.3, 0.4) is 0 Å². The minimum Gasteiger partial charge on any atom is -0.444 e. The molecule has 1 aromatic heterocycles. The molecule has 1 aromatic rings. The Kier molecular flexibility index (Phi) is 5.75. The van der Waals surface area contributed by atoms with Gasteiger partial charge in [0.1, 0.15) is 5.60 Å². The number of nitrogens with one attached hydrogen (secondary N) is 2. The largest absolute Gasteiger partial charge is 0.444 e. The number of carbonyl (C=O) groups excluding carboxylic acids is 2. The fraction of sp³-hybridized carbons (Fsp3) is 0.647. The first-order valence-corrected chi connectivity index (χ1v) is 8.40. The molecule has 0 spiro atoms. The van der Waals surface area contributed by atoms with Gasteiger partial charge in [0, 0.05) is 38.6 Å². The third kappa shape index (κ3) is 4.91. The van der Waals surface area contributed by atoms with Crippen LogP contribution in [-0.2, 0) is 11.8 Å². The molecule has 1 aliphatic rings. The van der Waals surface area contributed by atoms with E-state index in [0.29, 0.717) is 13.1 Å². The summed E-state index contributed by atoms with van der Waals surface area (Å²) in [6, 6.07) is 4.07. The third-order valence-electron chi connectivity index (χ3n) is 3.91. The Morgan fingerprint density at radius 3 is 2.62 bits per heavy atom. The molecule has 1 aliphatic heterocycles. The highest BCUT2D eigenvalue weighted by molar-refractivity contribution is 5.75. The Hall–Kier alpha value is -2.18.